The molecule has 0 heterocycles. The van der Waals surface area contributed by atoms with E-state index in [0.29, 0.717) is 12.0 Å². The van der Waals surface area contributed by atoms with Gasteiger partial charge in [0.25, 0.3) is 0 Å². The quantitative estimate of drug-likeness (QED) is 0.664. The van der Waals surface area contributed by atoms with Crippen molar-refractivity contribution < 1.29 is 14.7 Å². The molecule has 13 heavy (non-hydrogen) atoms. The minimum absolute atomic E-state index is 0.0741. The maximum atomic E-state index is 11.1. The van der Waals surface area contributed by atoms with E-state index in [-0.39, 0.29) is 18.7 Å². The highest BCUT2D eigenvalue weighted by molar-refractivity contribution is 5.81. The van der Waals surface area contributed by atoms with Gasteiger partial charge in [0.15, 0.2) is 0 Å². The zero-order chi connectivity index (χ0) is 9.84. The van der Waals surface area contributed by atoms with Crippen LogP contribution in [0, 0.1) is 5.92 Å². The first-order chi connectivity index (χ1) is 6.13. The Morgan fingerprint density at radius 2 is 2.15 bits per heavy atom. The minimum Gasteiger partial charge on any atom is -0.481 e. The minimum atomic E-state index is -0.919. The lowest BCUT2D eigenvalue weighted by Gasteiger charge is -2.01. The molecule has 4 nitrogen and oxygen atoms in total. The van der Waals surface area contributed by atoms with Crippen LogP contribution in [0.15, 0.2) is 0 Å². The molecule has 1 aliphatic rings. The first-order valence-electron chi connectivity index (χ1n) is 4.64. The molecule has 0 aromatic heterocycles. The monoisotopic (exact) mass is 185 g/mol. The van der Waals surface area contributed by atoms with Gasteiger partial charge in [0.1, 0.15) is 0 Å². The number of hydrogen-bond donors (Lipinski definition) is 2. The van der Waals surface area contributed by atoms with Gasteiger partial charge in [-0.05, 0) is 12.3 Å². The molecule has 2 atom stereocenters. The summed E-state index contributed by atoms with van der Waals surface area (Å²) in [6.07, 6.45) is 2.16. The Hall–Kier alpha value is -1.06. The smallest absolute Gasteiger partial charge is 0.303 e. The van der Waals surface area contributed by atoms with Crippen molar-refractivity contribution in [3.8, 4) is 0 Å². The van der Waals surface area contributed by atoms with Crippen molar-refractivity contribution in [2.45, 2.75) is 38.6 Å². The first kappa shape index (κ1) is 10.0. The van der Waals surface area contributed by atoms with Crippen molar-refractivity contribution in [2.75, 3.05) is 0 Å². The number of carboxylic acids is 1. The van der Waals surface area contributed by atoms with Crippen LogP contribution in [0.3, 0.4) is 0 Å². The second kappa shape index (κ2) is 4.25. The number of carbonyl (C=O) groups is 2. The molecule has 0 radical (unpaired) electrons. The molecule has 0 aliphatic heterocycles. The summed E-state index contributed by atoms with van der Waals surface area (Å²) in [7, 11) is 0. The van der Waals surface area contributed by atoms with Crippen LogP contribution in [0.2, 0.25) is 0 Å². The van der Waals surface area contributed by atoms with E-state index in [9.17, 15) is 9.59 Å². The summed E-state index contributed by atoms with van der Waals surface area (Å²) in [5, 5.41) is 11.1. The molecule has 1 fully saturated rings. The number of hydrogen-bond acceptors (Lipinski definition) is 2. The third-order valence-corrected chi connectivity index (χ3v) is 2.36. The van der Waals surface area contributed by atoms with Crippen molar-refractivity contribution in [3.63, 3.8) is 0 Å². The van der Waals surface area contributed by atoms with E-state index in [1.807, 2.05) is 0 Å². The molecule has 2 N–H and O–H groups in total. The van der Waals surface area contributed by atoms with E-state index in [1.165, 1.54) is 0 Å². The number of amides is 1. The van der Waals surface area contributed by atoms with Crippen molar-refractivity contribution in [1.82, 2.24) is 5.32 Å². The van der Waals surface area contributed by atoms with Crippen LogP contribution in [0.5, 0.6) is 0 Å². The van der Waals surface area contributed by atoms with Gasteiger partial charge in [0.05, 0.1) is 6.42 Å². The summed E-state index contributed by atoms with van der Waals surface area (Å²) in [5.74, 6) is -0.435. The molecular formula is C9H15NO3. The lowest BCUT2D eigenvalue weighted by atomic mass is 10.3. The molecule has 1 aliphatic carbocycles. The van der Waals surface area contributed by atoms with Crippen LogP contribution in [-0.4, -0.2) is 23.0 Å². The fraction of sp³-hybridized carbons (Fsp3) is 0.778. The summed E-state index contributed by atoms with van der Waals surface area (Å²) < 4.78 is 0. The van der Waals surface area contributed by atoms with E-state index in [2.05, 4.69) is 12.2 Å². The van der Waals surface area contributed by atoms with E-state index >= 15 is 0 Å². The van der Waals surface area contributed by atoms with Gasteiger partial charge in [-0.15, -0.1) is 0 Å². The average molecular weight is 185 g/mol. The molecular weight excluding hydrogens is 170 g/mol. The topological polar surface area (TPSA) is 66.4 Å². The molecule has 0 bridgehead atoms. The Labute approximate surface area is 77.3 Å². The third-order valence-electron chi connectivity index (χ3n) is 2.36. The van der Waals surface area contributed by atoms with E-state index in [4.69, 9.17) is 5.11 Å². The lowest BCUT2D eigenvalue weighted by Crippen LogP contribution is -2.27. The fourth-order valence-electron chi connectivity index (χ4n) is 1.37. The first-order valence-corrected chi connectivity index (χ1v) is 4.64. The molecule has 2 unspecified atom stereocenters. The fourth-order valence-corrected chi connectivity index (χ4v) is 1.37. The van der Waals surface area contributed by atoms with E-state index < -0.39 is 5.97 Å². The van der Waals surface area contributed by atoms with Crippen LogP contribution < -0.4 is 5.32 Å². The van der Waals surface area contributed by atoms with Gasteiger partial charge in [-0.1, -0.05) is 13.3 Å². The van der Waals surface area contributed by atoms with Crippen molar-refractivity contribution >= 4 is 11.9 Å². The van der Waals surface area contributed by atoms with Crippen LogP contribution >= 0.6 is 0 Å². The van der Waals surface area contributed by atoms with Crippen molar-refractivity contribution in [2.24, 2.45) is 5.92 Å². The van der Waals surface area contributed by atoms with Gasteiger partial charge in [0, 0.05) is 12.5 Å². The Kier molecular flexibility index (Phi) is 3.28. The SMILES string of the molecule is CCC1CC1NC(=O)CCC(=O)O. The molecule has 0 aromatic rings. The average Bonchev–Trinajstić information content (AvgIpc) is 2.80. The number of carboxylic acid groups (broad SMARTS) is 1. The zero-order valence-corrected chi connectivity index (χ0v) is 7.75. The van der Waals surface area contributed by atoms with E-state index in [0.717, 1.165) is 12.8 Å². The van der Waals surface area contributed by atoms with Crippen LogP contribution in [0.4, 0.5) is 0 Å². The van der Waals surface area contributed by atoms with Crippen molar-refractivity contribution in [1.29, 1.82) is 0 Å². The maximum absolute atomic E-state index is 11.1. The molecule has 0 aromatic carbocycles. The molecule has 74 valence electrons. The highest BCUT2D eigenvalue weighted by atomic mass is 16.4. The van der Waals surface area contributed by atoms with Gasteiger partial charge >= 0.3 is 5.97 Å². The maximum Gasteiger partial charge on any atom is 0.303 e. The van der Waals surface area contributed by atoms with Gasteiger partial charge < -0.3 is 10.4 Å². The normalized spacial score (nSPS) is 25.3. The molecule has 1 saturated carbocycles. The lowest BCUT2D eigenvalue weighted by molar-refractivity contribution is -0.138. The highest BCUT2D eigenvalue weighted by Crippen LogP contribution is 2.33. The summed E-state index contributed by atoms with van der Waals surface area (Å²) in [4.78, 5) is 21.2. The Morgan fingerprint density at radius 3 is 2.62 bits per heavy atom. The molecule has 0 spiro atoms. The van der Waals surface area contributed by atoms with E-state index in [1.54, 1.807) is 0 Å². The molecule has 1 amide bonds. The summed E-state index contributed by atoms with van der Waals surface area (Å²) in [6, 6.07) is 0.311. The molecule has 1 rings (SSSR count). The van der Waals surface area contributed by atoms with Gasteiger partial charge in [-0.2, -0.15) is 0 Å². The Bertz CT molecular complexity index is 215. The molecule has 0 saturated heterocycles. The second-order valence-corrected chi connectivity index (χ2v) is 3.47. The molecule has 4 heteroatoms. The number of aliphatic carboxylic acids is 1. The summed E-state index contributed by atoms with van der Waals surface area (Å²) in [6.45, 7) is 2.09. The van der Waals surface area contributed by atoms with Gasteiger partial charge in [0.2, 0.25) is 5.91 Å². The summed E-state index contributed by atoms with van der Waals surface area (Å²) in [5.41, 5.74) is 0. The standard InChI is InChI=1S/C9H15NO3/c1-2-6-5-7(6)10-8(11)3-4-9(12)13/h6-7H,2-5H2,1H3,(H,10,11)(H,12,13). The van der Waals surface area contributed by atoms with Crippen LogP contribution in [0.25, 0.3) is 0 Å². The third kappa shape index (κ3) is 3.44. The summed E-state index contributed by atoms with van der Waals surface area (Å²) >= 11 is 0. The van der Waals surface area contributed by atoms with Crippen molar-refractivity contribution in [3.05, 3.63) is 0 Å². The zero-order valence-electron chi connectivity index (χ0n) is 7.75. The largest absolute Gasteiger partial charge is 0.481 e. The number of rotatable bonds is 5. The number of nitrogens with one attached hydrogen (secondary N) is 1. The van der Waals surface area contributed by atoms with Crippen LogP contribution in [-0.2, 0) is 9.59 Å². The van der Waals surface area contributed by atoms with Gasteiger partial charge in [-0.3, -0.25) is 9.59 Å². The predicted octanol–water partition coefficient (Wildman–Crippen LogP) is 0.766. The van der Waals surface area contributed by atoms with Gasteiger partial charge in [-0.25, -0.2) is 0 Å². The number of carbonyl (C=O) groups excluding carboxylic acids is 1. The Balaban J connectivity index is 2.09. The highest BCUT2D eigenvalue weighted by Gasteiger charge is 2.36. The Morgan fingerprint density at radius 1 is 1.46 bits per heavy atom. The van der Waals surface area contributed by atoms with Crippen LogP contribution in [0.1, 0.15) is 32.6 Å². The second-order valence-electron chi connectivity index (χ2n) is 3.47. The predicted molar refractivity (Wildman–Crippen MR) is 47.2 cm³/mol.